The third-order valence-electron chi connectivity index (χ3n) is 8.39. The first-order chi connectivity index (χ1) is 20.1. The molecular weight excluding hydrogens is 500 g/mol. The number of ether oxygens (including phenoxy) is 2. The highest BCUT2D eigenvalue weighted by Crippen LogP contribution is 2.37. The van der Waals surface area contributed by atoms with Crippen molar-refractivity contribution in [3.8, 4) is 11.5 Å². The Labute approximate surface area is 256 Å². The van der Waals surface area contributed by atoms with Crippen molar-refractivity contribution in [1.82, 2.24) is 0 Å². The normalized spacial score (nSPS) is 12.2. The summed E-state index contributed by atoms with van der Waals surface area (Å²) in [5.41, 5.74) is 4.88. The van der Waals surface area contributed by atoms with Crippen molar-refractivity contribution in [3.05, 3.63) is 35.4 Å². The average molecular weight is 569 g/mol. The zero-order chi connectivity index (χ0) is 30.0. The molecule has 236 valence electrons. The van der Waals surface area contributed by atoms with E-state index in [0.29, 0.717) is 0 Å². The Balaban J connectivity index is 2.62. The lowest BCUT2D eigenvalue weighted by Crippen LogP contribution is -2.04. The monoisotopic (exact) mass is 569 g/mol. The van der Waals surface area contributed by atoms with Crippen molar-refractivity contribution in [2.24, 2.45) is 0 Å². The van der Waals surface area contributed by atoms with Gasteiger partial charge in [0.1, 0.15) is 11.5 Å². The lowest BCUT2D eigenvalue weighted by Gasteiger charge is -2.19. The van der Waals surface area contributed by atoms with Gasteiger partial charge in [0.05, 0.1) is 13.2 Å². The van der Waals surface area contributed by atoms with E-state index in [1.807, 2.05) is 0 Å². The molecule has 0 radical (unpaired) electrons. The molecule has 0 spiro atoms. The number of hydrogen-bond donors (Lipinski definition) is 0. The third kappa shape index (κ3) is 17.8. The summed E-state index contributed by atoms with van der Waals surface area (Å²) in [6.45, 7) is 14.9. The van der Waals surface area contributed by atoms with Gasteiger partial charge in [-0.2, -0.15) is 0 Å². The average Bonchev–Trinajstić information content (AvgIpc) is 2.98. The first-order valence-electron chi connectivity index (χ1n) is 17.8. The summed E-state index contributed by atoms with van der Waals surface area (Å²) in [6, 6.07) is 4.48. The first-order valence-corrected chi connectivity index (χ1v) is 17.8. The molecule has 0 saturated heterocycles. The molecule has 0 fully saturated rings. The molecule has 0 saturated carbocycles. The molecule has 0 atom stereocenters. The summed E-state index contributed by atoms with van der Waals surface area (Å²) in [4.78, 5) is 0. The van der Waals surface area contributed by atoms with Gasteiger partial charge in [-0.15, -0.1) is 0 Å². The Bertz CT molecular complexity index is 819. The van der Waals surface area contributed by atoms with Crippen LogP contribution in [-0.4, -0.2) is 13.2 Å². The number of benzene rings is 1. The molecule has 1 aromatic rings. The van der Waals surface area contributed by atoms with Crippen LogP contribution in [0.2, 0.25) is 0 Å². The van der Waals surface area contributed by atoms with Crippen LogP contribution in [0.1, 0.15) is 188 Å². The van der Waals surface area contributed by atoms with Crippen LogP contribution in [0.3, 0.4) is 0 Å². The fourth-order valence-electron chi connectivity index (χ4n) is 5.53. The van der Waals surface area contributed by atoms with Gasteiger partial charge in [0.15, 0.2) is 0 Å². The van der Waals surface area contributed by atoms with Gasteiger partial charge >= 0.3 is 0 Å². The van der Waals surface area contributed by atoms with E-state index in [4.69, 9.17) is 9.47 Å². The largest absolute Gasteiger partial charge is 0.493 e. The van der Waals surface area contributed by atoms with Gasteiger partial charge in [-0.1, -0.05) is 148 Å². The zero-order valence-corrected chi connectivity index (χ0v) is 28.4. The third-order valence-corrected chi connectivity index (χ3v) is 8.39. The van der Waals surface area contributed by atoms with E-state index >= 15 is 0 Å². The maximum absolute atomic E-state index is 6.45. The predicted molar refractivity (Wildman–Crippen MR) is 184 cm³/mol. The summed E-state index contributed by atoms with van der Waals surface area (Å²) in [5, 5.41) is 0. The van der Waals surface area contributed by atoms with E-state index in [-0.39, 0.29) is 0 Å². The Morgan fingerprint density at radius 1 is 0.512 bits per heavy atom. The SMILES string of the molecule is CC=C(C)c1cc(OCCCCCCCCCCCC)c(C(C)=CCC)cc1OCCCCCCCCCCCC. The minimum atomic E-state index is 0.787. The van der Waals surface area contributed by atoms with Gasteiger partial charge in [0.25, 0.3) is 0 Å². The van der Waals surface area contributed by atoms with Crippen LogP contribution >= 0.6 is 0 Å². The first kappa shape index (κ1) is 37.3. The van der Waals surface area contributed by atoms with Crippen molar-refractivity contribution < 1.29 is 9.47 Å². The molecular formula is C39H68O2. The minimum absolute atomic E-state index is 0.787. The highest BCUT2D eigenvalue weighted by molar-refractivity contribution is 5.77. The van der Waals surface area contributed by atoms with E-state index in [9.17, 15) is 0 Å². The van der Waals surface area contributed by atoms with Crippen LogP contribution in [0.25, 0.3) is 11.1 Å². The molecule has 0 aliphatic heterocycles. The van der Waals surface area contributed by atoms with Gasteiger partial charge in [-0.05, 0) is 63.3 Å². The number of hydrogen-bond acceptors (Lipinski definition) is 2. The Kier molecular flexibility index (Phi) is 23.6. The van der Waals surface area contributed by atoms with E-state index in [1.165, 1.54) is 138 Å². The Hall–Kier alpha value is -1.70. The molecule has 0 N–H and O–H groups in total. The lowest BCUT2D eigenvalue weighted by molar-refractivity contribution is 0.295. The molecule has 0 bridgehead atoms. The molecule has 2 nitrogen and oxygen atoms in total. The minimum Gasteiger partial charge on any atom is -0.493 e. The van der Waals surface area contributed by atoms with Crippen molar-refractivity contribution in [1.29, 1.82) is 0 Å². The smallest absolute Gasteiger partial charge is 0.127 e. The van der Waals surface area contributed by atoms with Gasteiger partial charge in [-0.25, -0.2) is 0 Å². The summed E-state index contributed by atoms with van der Waals surface area (Å²) in [7, 11) is 0. The van der Waals surface area contributed by atoms with Crippen LogP contribution in [0.15, 0.2) is 24.3 Å². The van der Waals surface area contributed by atoms with Gasteiger partial charge in [-0.3, -0.25) is 0 Å². The molecule has 1 aromatic carbocycles. The van der Waals surface area contributed by atoms with E-state index in [1.54, 1.807) is 0 Å². The molecule has 41 heavy (non-hydrogen) atoms. The molecule has 0 heterocycles. The van der Waals surface area contributed by atoms with Crippen LogP contribution in [0.4, 0.5) is 0 Å². The second-order valence-corrected chi connectivity index (χ2v) is 12.2. The predicted octanol–water partition coefficient (Wildman–Crippen LogP) is 13.5. The van der Waals surface area contributed by atoms with Crippen LogP contribution in [-0.2, 0) is 0 Å². The fraction of sp³-hybridized carbons (Fsp3) is 0.744. The molecule has 0 aromatic heterocycles. The van der Waals surface area contributed by atoms with E-state index < -0.39 is 0 Å². The molecule has 1 rings (SSSR count). The molecule has 0 amide bonds. The molecule has 2 heteroatoms. The van der Waals surface area contributed by atoms with Crippen LogP contribution in [0.5, 0.6) is 11.5 Å². The fourth-order valence-corrected chi connectivity index (χ4v) is 5.53. The topological polar surface area (TPSA) is 18.5 Å². The Morgan fingerprint density at radius 2 is 0.854 bits per heavy atom. The van der Waals surface area contributed by atoms with E-state index in [2.05, 4.69) is 65.8 Å². The highest BCUT2D eigenvalue weighted by Gasteiger charge is 2.15. The maximum Gasteiger partial charge on any atom is 0.127 e. The second kappa shape index (κ2) is 26.0. The number of unbranched alkanes of at least 4 members (excludes halogenated alkanes) is 18. The summed E-state index contributed by atoms with van der Waals surface area (Å²) in [5.74, 6) is 2.01. The van der Waals surface area contributed by atoms with Gasteiger partial charge < -0.3 is 9.47 Å². The zero-order valence-electron chi connectivity index (χ0n) is 28.4. The maximum atomic E-state index is 6.45. The summed E-state index contributed by atoms with van der Waals surface area (Å²) in [6.07, 6.45) is 32.4. The number of allylic oxidation sites excluding steroid dienone is 4. The van der Waals surface area contributed by atoms with Crippen LogP contribution in [0, 0.1) is 0 Å². The second-order valence-electron chi connectivity index (χ2n) is 12.2. The van der Waals surface area contributed by atoms with Crippen molar-refractivity contribution in [2.75, 3.05) is 13.2 Å². The van der Waals surface area contributed by atoms with Crippen molar-refractivity contribution >= 4 is 11.1 Å². The molecule has 0 aliphatic carbocycles. The quantitative estimate of drug-likeness (QED) is 0.0982. The van der Waals surface area contributed by atoms with E-state index in [0.717, 1.165) is 44.0 Å². The summed E-state index contributed by atoms with van der Waals surface area (Å²) < 4.78 is 12.9. The Morgan fingerprint density at radius 3 is 1.20 bits per heavy atom. The highest BCUT2D eigenvalue weighted by atomic mass is 16.5. The van der Waals surface area contributed by atoms with Crippen molar-refractivity contribution in [3.63, 3.8) is 0 Å². The van der Waals surface area contributed by atoms with Crippen LogP contribution < -0.4 is 9.47 Å². The summed E-state index contributed by atoms with van der Waals surface area (Å²) >= 11 is 0. The number of rotatable bonds is 27. The standard InChI is InChI=1S/C39H68O2/c1-7-11-13-15-17-19-21-23-25-27-30-40-38-33-37(35(6)29-9-3)39(32-36(38)34(5)10-4)41-31-28-26-24-22-20-18-16-14-12-8-2/h10,29,32-33H,7-9,11-28,30-31H2,1-6H3. The lowest BCUT2D eigenvalue weighted by atomic mass is 9.98. The van der Waals surface area contributed by atoms with Gasteiger partial charge in [0, 0.05) is 11.1 Å². The molecule has 0 aliphatic rings. The van der Waals surface area contributed by atoms with Gasteiger partial charge in [0.2, 0.25) is 0 Å². The molecule has 0 unspecified atom stereocenters. The van der Waals surface area contributed by atoms with Crippen molar-refractivity contribution in [2.45, 2.75) is 176 Å².